The van der Waals surface area contributed by atoms with Crippen molar-refractivity contribution in [2.45, 2.75) is 6.54 Å². The van der Waals surface area contributed by atoms with Crippen molar-refractivity contribution in [1.82, 2.24) is 10.2 Å². The molecular weight excluding hydrogens is 345 g/mol. The number of rotatable bonds is 4. The minimum absolute atomic E-state index is 0.331. The molecular formula is C15H10Cl3N3O. The maximum Gasteiger partial charge on any atom is 0.249 e. The predicted octanol–water partition coefficient (Wildman–Crippen LogP) is 5.31. The normalized spacial score (nSPS) is 10.7. The van der Waals surface area contributed by atoms with Crippen LogP contribution in [0.2, 0.25) is 15.1 Å². The zero-order valence-electron chi connectivity index (χ0n) is 11.2. The topological polar surface area (TPSA) is 51.0 Å². The molecule has 112 valence electrons. The van der Waals surface area contributed by atoms with Gasteiger partial charge in [-0.15, -0.1) is 10.2 Å². The molecule has 0 aliphatic heterocycles. The van der Waals surface area contributed by atoms with Crippen LogP contribution in [-0.2, 0) is 6.54 Å². The lowest BCUT2D eigenvalue weighted by atomic mass is 10.2. The van der Waals surface area contributed by atoms with E-state index in [1.54, 1.807) is 24.3 Å². The van der Waals surface area contributed by atoms with Crippen molar-refractivity contribution in [3.63, 3.8) is 0 Å². The summed E-state index contributed by atoms with van der Waals surface area (Å²) in [5.74, 6) is 0.797. The van der Waals surface area contributed by atoms with E-state index in [0.29, 0.717) is 44.6 Å². The van der Waals surface area contributed by atoms with Gasteiger partial charge in [0.25, 0.3) is 0 Å². The second-order valence-corrected chi connectivity index (χ2v) is 5.71. The Kier molecular flexibility index (Phi) is 4.52. The highest BCUT2D eigenvalue weighted by molar-refractivity contribution is 6.35. The van der Waals surface area contributed by atoms with Crippen molar-refractivity contribution < 1.29 is 4.42 Å². The maximum atomic E-state index is 6.10. The number of halogens is 3. The summed E-state index contributed by atoms with van der Waals surface area (Å²) >= 11 is 18.1. The number of hydrogen-bond donors (Lipinski definition) is 1. The van der Waals surface area contributed by atoms with Crippen LogP contribution < -0.4 is 5.32 Å². The van der Waals surface area contributed by atoms with E-state index in [1.807, 2.05) is 18.2 Å². The molecule has 0 aliphatic rings. The largest absolute Gasteiger partial charge is 0.419 e. The number of nitrogens with one attached hydrogen (secondary N) is 1. The fraction of sp³-hybridized carbons (Fsp3) is 0.0667. The Balaban J connectivity index is 1.75. The SMILES string of the molecule is Clc1ccc(Cl)c(NCc2nnc(-c3ccccc3Cl)o2)c1. The van der Waals surface area contributed by atoms with Crippen LogP contribution in [0.15, 0.2) is 46.9 Å². The van der Waals surface area contributed by atoms with Gasteiger partial charge < -0.3 is 9.73 Å². The first-order chi connectivity index (χ1) is 10.6. The minimum Gasteiger partial charge on any atom is -0.419 e. The number of nitrogens with zero attached hydrogens (tertiary/aromatic N) is 2. The van der Waals surface area contributed by atoms with E-state index >= 15 is 0 Å². The summed E-state index contributed by atoms with van der Waals surface area (Å²) in [7, 11) is 0. The molecule has 2 aromatic carbocycles. The van der Waals surface area contributed by atoms with E-state index in [4.69, 9.17) is 39.2 Å². The maximum absolute atomic E-state index is 6.10. The smallest absolute Gasteiger partial charge is 0.249 e. The monoisotopic (exact) mass is 353 g/mol. The van der Waals surface area contributed by atoms with Gasteiger partial charge in [0.2, 0.25) is 11.8 Å². The second-order valence-electron chi connectivity index (χ2n) is 4.46. The van der Waals surface area contributed by atoms with Crippen molar-refractivity contribution in [2.24, 2.45) is 0 Å². The fourth-order valence-corrected chi connectivity index (χ4v) is 2.45. The van der Waals surface area contributed by atoms with Crippen LogP contribution in [-0.4, -0.2) is 10.2 Å². The molecule has 7 heteroatoms. The van der Waals surface area contributed by atoms with E-state index < -0.39 is 0 Å². The summed E-state index contributed by atoms with van der Waals surface area (Å²) < 4.78 is 5.60. The van der Waals surface area contributed by atoms with Crippen LogP contribution in [0, 0.1) is 0 Å². The number of benzene rings is 2. The lowest BCUT2D eigenvalue weighted by Crippen LogP contribution is -2.00. The van der Waals surface area contributed by atoms with E-state index in [-0.39, 0.29) is 0 Å². The molecule has 0 saturated carbocycles. The molecule has 0 saturated heterocycles. The fourth-order valence-electron chi connectivity index (χ4n) is 1.87. The Morgan fingerprint density at radius 1 is 0.955 bits per heavy atom. The highest BCUT2D eigenvalue weighted by Gasteiger charge is 2.11. The van der Waals surface area contributed by atoms with Gasteiger partial charge in [0.15, 0.2) is 0 Å². The molecule has 0 amide bonds. The summed E-state index contributed by atoms with van der Waals surface area (Å²) in [6.45, 7) is 0.331. The van der Waals surface area contributed by atoms with Gasteiger partial charge in [-0.3, -0.25) is 0 Å². The Morgan fingerprint density at radius 3 is 2.59 bits per heavy atom. The molecule has 3 rings (SSSR count). The molecule has 0 atom stereocenters. The molecule has 0 unspecified atom stereocenters. The molecule has 0 spiro atoms. The summed E-state index contributed by atoms with van der Waals surface area (Å²) in [6.07, 6.45) is 0. The van der Waals surface area contributed by atoms with Gasteiger partial charge in [-0.05, 0) is 30.3 Å². The molecule has 0 radical (unpaired) electrons. The molecule has 1 heterocycles. The van der Waals surface area contributed by atoms with Gasteiger partial charge in [0.1, 0.15) is 0 Å². The van der Waals surface area contributed by atoms with Crippen molar-refractivity contribution in [3.05, 3.63) is 63.4 Å². The Bertz CT molecular complexity index is 804. The Morgan fingerprint density at radius 2 is 1.77 bits per heavy atom. The molecule has 0 bridgehead atoms. The highest BCUT2D eigenvalue weighted by atomic mass is 35.5. The van der Waals surface area contributed by atoms with Crippen molar-refractivity contribution >= 4 is 40.5 Å². The van der Waals surface area contributed by atoms with E-state index in [0.717, 1.165) is 0 Å². The van der Waals surface area contributed by atoms with Crippen molar-refractivity contribution in [1.29, 1.82) is 0 Å². The quantitative estimate of drug-likeness (QED) is 0.690. The summed E-state index contributed by atoms with van der Waals surface area (Å²) in [4.78, 5) is 0. The highest BCUT2D eigenvalue weighted by Crippen LogP contribution is 2.28. The van der Waals surface area contributed by atoms with Gasteiger partial charge >= 0.3 is 0 Å². The summed E-state index contributed by atoms with van der Waals surface area (Å²) in [5, 5.41) is 12.8. The van der Waals surface area contributed by atoms with Gasteiger partial charge in [-0.25, -0.2) is 0 Å². The van der Waals surface area contributed by atoms with Gasteiger partial charge in [-0.1, -0.05) is 46.9 Å². The first kappa shape index (κ1) is 15.2. The number of aromatic nitrogens is 2. The average Bonchev–Trinajstić information content (AvgIpc) is 2.97. The minimum atomic E-state index is 0.331. The third-order valence-corrected chi connectivity index (χ3v) is 3.82. The number of anilines is 1. The van der Waals surface area contributed by atoms with Crippen molar-refractivity contribution in [3.8, 4) is 11.5 Å². The zero-order chi connectivity index (χ0) is 15.5. The van der Waals surface area contributed by atoms with E-state index in [1.165, 1.54) is 0 Å². The van der Waals surface area contributed by atoms with Crippen molar-refractivity contribution in [2.75, 3.05) is 5.32 Å². The van der Waals surface area contributed by atoms with Gasteiger partial charge in [-0.2, -0.15) is 0 Å². The van der Waals surface area contributed by atoms with Crippen LogP contribution in [0.5, 0.6) is 0 Å². The molecule has 0 aliphatic carbocycles. The third-order valence-electron chi connectivity index (χ3n) is 2.93. The van der Waals surface area contributed by atoms with Crippen LogP contribution >= 0.6 is 34.8 Å². The Hall–Kier alpha value is -1.75. The standard InChI is InChI=1S/C15H10Cl3N3O/c16-9-5-6-12(18)13(7-9)19-8-14-20-21-15(22-14)10-3-1-2-4-11(10)17/h1-7,19H,8H2. The lowest BCUT2D eigenvalue weighted by molar-refractivity contribution is 0.515. The molecule has 4 nitrogen and oxygen atoms in total. The van der Waals surface area contributed by atoms with Crippen LogP contribution in [0.3, 0.4) is 0 Å². The van der Waals surface area contributed by atoms with Crippen LogP contribution in [0.4, 0.5) is 5.69 Å². The van der Waals surface area contributed by atoms with E-state index in [9.17, 15) is 0 Å². The number of hydrogen-bond acceptors (Lipinski definition) is 4. The summed E-state index contributed by atoms with van der Waals surface area (Å²) in [5.41, 5.74) is 1.40. The van der Waals surface area contributed by atoms with Gasteiger partial charge in [0, 0.05) is 5.02 Å². The first-order valence-electron chi connectivity index (χ1n) is 6.39. The van der Waals surface area contributed by atoms with E-state index in [2.05, 4.69) is 15.5 Å². The molecule has 1 aromatic heterocycles. The second kappa shape index (κ2) is 6.57. The molecule has 22 heavy (non-hydrogen) atoms. The average molecular weight is 355 g/mol. The third kappa shape index (κ3) is 3.35. The van der Waals surface area contributed by atoms with Gasteiger partial charge in [0.05, 0.1) is 27.8 Å². The zero-order valence-corrected chi connectivity index (χ0v) is 13.5. The first-order valence-corrected chi connectivity index (χ1v) is 7.53. The molecule has 3 aromatic rings. The molecule has 1 N–H and O–H groups in total. The van der Waals surface area contributed by atoms with Crippen LogP contribution in [0.1, 0.15) is 5.89 Å². The molecule has 0 fully saturated rings. The lowest BCUT2D eigenvalue weighted by Gasteiger charge is -2.06. The Labute approximate surface area is 142 Å². The predicted molar refractivity (Wildman–Crippen MR) is 88.5 cm³/mol. The van der Waals surface area contributed by atoms with Crippen LogP contribution in [0.25, 0.3) is 11.5 Å². The summed E-state index contributed by atoms with van der Waals surface area (Å²) in [6, 6.07) is 12.5.